The van der Waals surface area contributed by atoms with Crippen molar-refractivity contribution >= 4 is 41.2 Å². The van der Waals surface area contributed by atoms with Crippen molar-refractivity contribution in [3.8, 4) is 0 Å². The Kier molecular flexibility index (Phi) is 8.32. The normalized spacial score (nSPS) is 9.65. The van der Waals surface area contributed by atoms with E-state index < -0.39 is 11.8 Å². The highest BCUT2D eigenvalue weighted by Crippen LogP contribution is 2.12. The minimum atomic E-state index is -0.843. The number of aliphatic hydroxyl groups is 1. The van der Waals surface area contributed by atoms with Crippen LogP contribution < -0.4 is 26.2 Å². The largest absolute Gasteiger partial charge is 0.396 e. The summed E-state index contributed by atoms with van der Waals surface area (Å²) in [4.78, 5) is 34.2. The summed E-state index contributed by atoms with van der Waals surface area (Å²) in [6.45, 7) is 0.163. The summed E-state index contributed by atoms with van der Waals surface area (Å²) in [6, 6.07) is 6.17. The molecule has 23 heavy (non-hydrogen) atoms. The average Bonchev–Trinajstić information content (AvgIpc) is 2.54. The number of hydrogen-bond donors (Lipinski definition) is 6. The fourth-order valence-electron chi connectivity index (χ4n) is 1.43. The number of benzene rings is 1. The third kappa shape index (κ3) is 7.38. The third-order valence-corrected chi connectivity index (χ3v) is 2.87. The van der Waals surface area contributed by atoms with E-state index in [4.69, 9.17) is 5.11 Å². The first-order valence-corrected chi connectivity index (χ1v) is 7.94. The molecule has 9 nitrogen and oxygen atoms in total. The molecule has 0 atom stereocenters. The van der Waals surface area contributed by atoms with E-state index in [1.165, 1.54) is 11.9 Å². The molecule has 126 valence electrons. The number of hydrogen-bond acceptors (Lipinski definition) is 6. The summed E-state index contributed by atoms with van der Waals surface area (Å²) in [7, 11) is 0. The van der Waals surface area contributed by atoms with Gasteiger partial charge in [0.2, 0.25) is 0 Å². The highest BCUT2D eigenvalue weighted by molar-refractivity contribution is 7.97. The predicted molar refractivity (Wildman–Crippen MR) is 88.6 cm³/mol. The zero-order chi connectivity index (χ0) is 17.1. The van der Waals surface area contributed by atoms with E-state index in [1.807, 2.05) is 0 Å². The lowest BCUT2D eigenvalue weighted by atomic mass is 10.3. The number of aliphatic hydroxyl groups excluding tert-OH is 1. The van der Waals surface area contributed by atoms with Gasteiger partial charge >= 0.3 is 17.8 Å². The summed E-state index contributed by atoms with van der Waals surface area (Å²) in [5.74, 6) is -1.64. The van der Waals surface area contributed by atoms with Crippen LogP contribution in [0.5, 0.6) is 0 Å². The topological polar surface area (TPSA) is 132 Å². The fraction of sp³-hybridized carbons (Fsp3) is 0.308. The van der Waals surface area contributed by atoms with Crippen LogP contribution in [-0.2, 0) is 9.59 Å². The first-order valence-electron chi connectivity index (χ1n) is 6.72. The molecular formula is C13H19N5O4S. The third-order valence-electron chi connectivity index (χ3n) is 2.48. The van der Waals surface area contributed by atoms with Crippen LogP contribution >= 0.6 is 11.9 Å². The van der Waals surface area contributed by atoms with Gasteiger partial charge in [-0.3, -0.25) is 25.2 Å². The Bertz CT molecular complexity index is 538. The van der Waals surface area contributed by atoms with Crippen LogP contribution in [0.15, 0.2) is 24.3 Å². The van der Waals surface area contributed by atoms with Crippen LogP contribution in [0.1, 0.15) is 6.42 Å². The van der Waals surface area contributed by atoms with Crippen LogP contribution in [-0.4, -0.2) is 42.4 Å². The first-order chi connectivity index (χ1) is 11.1. The summed E-state index contributed by atoms with van der Waals surface area (Å²) in [5.41, 5.74) is 5.94. The van der Waals surface area contributed by atoms with Gasteiger partial charge in [-0.15, -0.1) is 0 Å². The molecule has 10 heteroatoms. The molecule has 0 aliphatic carbocycles. The predicted octanol–water partition coefficient (Wildman–Crippen LogP) is 0.0278. The van der Waals surface area contributed by atoms with Gasteiger partial charge in [-0.1, -0.05) is 11.9 Å². The van der Waals surface area contributed by atoms with E-state index in [2.05, 4.69) is 26.2 Å². The van der Waals surface area contributed by atoms with Crippen molar-refractivity contribution in [2.75, 3.05) is 30.1 Å². The number of urea groups is 1. The molecule has 6 N–H and O–H groups in total. The van der Waals surface area contributed by atoms with Gasteiger partial charge in [0.15, 0.2) is 0 Å². The smallest absolute Gasteiger partial charge is 0.329 e. The molecule has 0 aromatic heterocycles. The van der Waals surface area contributed by atoms with Gasteiger partial charge in [0.05, 0.1) is 5.69 Å². The molecule has 1 aromatic rings. The van der Waals surface area contributed by atoms with Gasteiger partial charge in [-0.05, 0) is 30.7 Å². The molecule has 1 aromatic carbocycles. The van der Waals surface area contributed by atoms with Gasteiger partial charge in [0, 0.05) is 25.1 Å². The molecule has 0 radical (unpaired) electrons. The Labute approximate surface area is 137 Å². The molecular weight excluding hydrogens is 322 g/mol. The van der Waals surface area contributed by atoms with Gasteiger partial charge in [-0.2, -0.15) is 0 Å². The van der Waals surface area contributed by atoms with E-state index in [9.17, 15) is 14.4 Å². The van der Waals surface area contributed by atoms with Crippen LogP contribution in [0.4, 0.5) is 16.2 Å². The highest BCUT2D eigenvalue weighted by atomic mass is 32.2. The molecule has 0 bridgehead atoms. The minimum absolute atomic E-state index is 0.0600. The van der Waals surface area contributed by atoms with E-state index >= 15 is 0 Å². The number of carbonyl (C=O) groups excluding carboxylic acids is 3. The Hall–Kier alpha value is -2.46. The van der Waals surface area contributed by atoms with Crippen LogP contribution in [0.2, 0.25) is 0 Å². The minimum Gasteiger partial charge on any atom is -0.396 e. The molecule has 4 amide bonds. The quantitative estimate of drug-likeness (QED) is 0.179. The number of anilines is 2. The highest BCUT2D eigenvalue weighted by Gasteiger charge is 2.11. The second-order valence-electron chi connectivity index (χ2n) is 4.25. The van der Waals surface area contributed by atoms with E-state index in [1.54, 1.807) is 30.5 Å². The summed E-state index contributed by atoms with van der Waals surface area (Å²) < 4.78 is 2.52. The van der Waals surface area contributed by atoms with E-state index in [-0.39, 0.29) is 19.2 Å². The van der Waals surface area contributed by atoms with Gasteiger partial charge in [-0.25, -0.2) is 4.79 Å². The zero-order valence-electron chi connectivity index (χ0n) is 12.5. The maximum atomic E-state index is 11.5. The fourth-order valence-corrected chi connectivity index (χ4v) is 1.67. The number of nitrogens with one attached hydrogen (secondary N) is 5. The Balaban J connectivity index is 2.39. The zero-order valence-corrected chi connectivity index (χ0v) is 13.3. The van der Waals surface area contributed by atoms with Crippen LogP contribution in [0, 0.1) is 0 Å². The maximum Gasteiger partial charge on any atom is 0.329 e. The monoisotopic (exact) mass is 341 g/mol. The maximum absolute atomic E-state index is 11.5. The summed E-state index contributed by atoms with van der Waals surface area (Å²) >= 11 is 1.18. The molecule has 1 rings (SSSR count). The van der Waals surface area contributed by atoms with Crippen molar-refractivity contribution in [1.29, 1.82) is 0 Å². The van der Waals surface area contributed by atoms with Crippen molar-refractivity contribution < 1.29 is 19.5 Å². The average molecular weight is 341 g/mol. The number of rotatable bonds is 7. The summed E-state index contributed by atoms with van der Waals surface area (Å²) in [5, 5.41) is 13.5. The number of carbonyl (C=O) groups is 3. The van der Waals surface area contributed by atoms with Gasteiger partial charge in [0.25, 0.3) is 0 Å². The standard InChI is InChI=1S/C13H19N5O4S/c1-23-18-13(22)15-9-3-5-10(6-4-9)16-17-12(21)11(20)14-7-2-8-19/h3-6,16,19H,2,7-8H2,1H3,(H,14,20)(H,17,21)(H2,15,18,22). The molecule has 0 spiro atoms. The van der Waals surface area contributed by atoms with Gasteiger partial charge < -0.3 is 15.7 Å². The van der Waals surface area contributed by atoms with Crippen LogP contribution in [0.25, 0.3) is 0 Å². The molecule has 0 saturated heterocycles. The molecule has 0 fully saturated rings. The van der Waals surface area contributed by atoms with Crippen molar-refractivity contribution in [2.45, 2.75) is 6.42 Å². The Morgan fingerprint density at radius 3 is 2.35 bits per heavy atom. The lowest BCUT2D eigenvalue weighted by Gasteiger charge is -2.10. The van der Waals surface area contributed by atoms with Crippen molar-refractivity contribution in [3.63, 3.8) is 0 Å². The first kappa shape index (κ1) is 18.6. The molecule has 0 unspecified atom stereocenters. The van der Waals surface area contributed by atoms with Crippen LogP contribution in [0.3, 0.4) is 0 Å². The Morgan fingerprint density at radius 2 is 1.74 bits per heavy atom. The van der Waals surface area contributed by atoms with E-state index in [0.29, 0.717) is 17.8 Å². The lowest BCUT2D eigenvalue weighted by molar-refractivity contribution is -0.138. The lowest BCUT2D eigenvalue weighted by Crippen LogP contribution is -2.42. The molecule has 0 saturated carbocycles. The van der Waals surface area contributed by atoms with Crippen molar-refractivity contribution in [1.82, 2.24) is 15.5 Å². The Morgan fingerprint density at radius 1 is 1.09 bits per heavy atom. The molecule has 0 aliphatic rings. The second-order valence-corrected chi connectivity index (χ2v) is 4.86. The van der Waals surface area contributed by atoms with E-state index in [0.717, 1.165) is 0 Å². The van der Waals surface area contributed by atoms with Gasteiger partial charge in [0.1, 0.15) is 0 Å². The number of amides is 4. The second kappa shape index (κ2) is 10.3. The van der Waals surface area contributed by atoms with Crippen molar-refractivity contribution in [3.05, 3.63) is 24.3 Å². The molecule has 0 heterocycles. The number of hydrazine groups is 1. The molecule has 0 aliphatic heterocycles. The SMILES string of the molecule is CSNC(=O)Nc1ccc(NNC(=O)C(=O)NCCCO)cc1. The van der Waals surface area contributed by atoms with Crippen molar-refractivity contribution in [2.24, 2.45) is 0 Å². The summed E-state index contributed by atoms with van der Waals surface area (Å²) in [6.07, 6.45) is 2.11.